The Bertz CT molecular complexity index is 764. The molecule has 0 amide bonds. The minimum Gasteiger partial charge on any atom is -0.494 e. The van der Waals surface area contributed by atoms with E-state index in [2.05, 4.69) is 15.3 Å². The van der Waals surface area contributed by atoms with Gasteiger partial charge in [-0.3, -0.25) is 0 Å². The van der Waals surface area contributed by atoms with Crippen LogP contribution in [0, 0.1) is 6.92 Å². The Hall–Kier alpha value is -2.67. The van der Waals surface area contributed by atoms with E-state index in [1.165, 1.54) is 0 Å². The van der Waals surface area contributed by atoms with Gasteiger partial charge in [-0.25, -0.2) is 0 Å². The number of nitrogens with zero attached hydrogens (tertiary/aromatic N) is 3. The zero-order chi connectivity index (χ0) is 16.8. The normalized spacial score (nSPS) is 10.9. The van der Waals surface area contributed by atoms with Crippen molar-refractivity contribution >= 4 is 0 Å². The predicted octanol–water partition coefficient (Wildman–Crippen LogP) is 3.19. The van der Waals surface area contributed by atoms with E-state index in [0.717, 1.165) is 35.6 Å². The van der Waals surface area contributed by atoms with Gasteiger partial charge in [0.15, 0.2) is 0 Å². The maximum Gasteiger partial charge on any atom is 0.223 e. The first-order valence-corrected chi connectivity index (χ1v) is 7.71. The Morgan fingerprint density at radius 1 is 1.08 bits per heavy atom. The highest BCUT2D eigenvalue weighted by Gasteiger charge is 2.06. The van der Waals surface area contributed by atoms with Crippen molar-refractivity contribution in [2.75, 3.05) is 13.7 Å². The van der Waals surface area contributed by atoms with Crippen molar-refractivity contribution in [3.63, 3.8) is 0 Å². The van der Waals surface area contributed by atoms with E-state index in [4.69, 9.17) is 18.5 Å². The number of benzene rings is 1. The average molecular weight is 329 g/mol. The van der Waals surface area contributed by atoms with Crippen molar-refractivity contribution in [3.8, 4) is 17.1 Å². The molecule has 7 heteroatoms. The second-order valence-electron chi connectivity index (χ2n) is 5.33. The number of aromatic nitrogens is 3. The standard InChI is InChI=1S/C17H19N3O4/c1-12-18-17(20-23-12)13-5-7-15(8-6-13)22-9-3-4-16-10-14(11-21-2)19-24-16/h5-8,10H,3-4,9,11H2,1-2H3. The fraction of sp³-hybridized carbons (Fsp3) is 0.353. The van der Waals surface area contributed by atoms with Gasteiger partial charge in [-0.1, -0.05) is 10.3 Å². The van der Waals surface area contributed by atoms with Gasteiger partial charge in [0, 0.05) is 32.1 Å². The van der Waals surface area contributed by atoms with Crippen LogP contribution in [-0.2, 0) is 17.8 Å². The van der Waals surface area contributed by atoms with Gasteiger partial charge < -0.3 is 18.5 Å². The molecular weight excluding hydrogens is 310 g/mol. The zero-order valence-electron chi connectivity index (χ0n) is 13.7. The van der Waals surface area contributed by atoms with Crippen molar-refractivity contribution in [1.29, 1.82) is 0 Å². The molecule has 0 fully saturated rings. The van der Waals surface area contributed by atoms with E-state index in [-0.39, 0.29) is 0 Å². The van der Waals surface area contributed by atoms with Crippen LogP contribution in [0.3, 0.4) is 0 Å². The minimum absolute atomic E-state index is 0.465. The highest BCUT2D eigenvalue weighted by atomic mass is 16.5. The Morgan fingerprint density at radius 2 is 1.92 bits per heavy atom. The summed E-state index contributed by atoms with van der Waals surface area (Å²) in [6, 6.07) is 9.52. The number of ether oxygens (including phenoxy) is 2. The molecule has 0 atom stereocenters. The number of aryl methyl sites for hydroxylation is 2. The summed E-state index contributed by atoms with van der Waals surface area (Å²) in [5.41, 5.74) is 1.70. The zero-order valence-corrected chi connectivity index (χ0v) is 13.7. The molecule has 126 valence electrons. The third-order valence-electron chi connectivity index (χ3n) is 3.38. The van der Waals surface area contributed by atoms with Crippen LogP contribution in [0.15, 0.2) is 39.4 Å². The molecule has 3 rings (SSSR count). The van der Waals surface area contributed by atoms with Gasteiger partial charge in [0.2, 0.25) is 11.7 Å². The quantitative estimate of drug-likeness (QED) is 0.587. The Labute approximate surface area is 139 Å². The smallest absolute Gasteiger partial charge is 0.223 e. The number of methoxy groups -OCH3 is 1. The summed E-state index contributed by atoms with van der Waals surface area (Å²) in [6.45, 7) is 2.83. The molecule has 0 spiro atoms. The molecule has 0 bridgehead atoms. The summed E-state index contributed by atoms with van der Waals surface area (Å²) in [7, 11) is 1.63. The third kappa shape index (κ3) is 4.20. The van der Waals surface area contributed by atoms with E-state index in [9.17, 15) is 0 Å². The molecule has 0 unspecified atom stereocenters. The predicted molar refractivity (Wildman–Crippen MR) is 85.5 cm³/mol. The highest BCUT2D eigenvalue weighted by Crippen LogP contribution is 2.20. The Kier molecular flexibility index (Phi) is 5.22. The first-order chi connectivity index (χ1) is 11.7. The maximum atomic E-state index is 5.73. The van der Waals surface area contributed by atoms with Crippen molar-refractivity contribution < 1.29 is 18.5 Å². The van der Waals surface area contributed by atoms with Crippen LogP contribution in [0.1, 0.15) is 23.8 Å². The SMILES string of the molecule is COCc1cc(CCCOc2ccc(-c3noc(C)n3)cc2)on1. The molecule has 2 heterocycles. The second kappa shape index (κ2) is 7.74. The van der Waals surface area contributed by atoms with E-state index in [1.54, 1.807) is 14.0 Å². The van der Waals surface area contributed by atoms with Gasteiger partial charge >= 0.3 is 0 Å². The average Bonchev–Trinajstić information content (AvgIpc) is 3.22. The number of rotatable bonds is 8. The molecule has 24 heavy (non-hydrogen) atoms. The van der Waals surface area contributed by atoms with E-state index in [0.29, 0.717) is 24.9 Å². The van der Waals surface area contributed by atoms with Crippen molar-refractivity contribution in [2.45, 2.75) is 26.4 Å². The lowest BCUT2D eigenvalue weighted by Crippen LogP contribution is -1.99. The van der Waals surface area contributed by atoms with Gasteiger partial charge in [0.25, 0.3) is 0 Å². The van der Waals surface area contributed by atoms with Crippen molar-refractivity contribution in [3.05, 3.63) is 47.7 Å². The number of hydrogen-bond acceptors (Lipinski definition) is 7. The number of hydrogen-bond donors (Lipinski definition) is 0. The molecular formula is C17H19N3O4. The largest absolute Gasteiger partial charge is 0.494 e. The summed E-state index contributed by atoms with van der Waals surface area (Å²) >= 11 is 0. The lowest BCUT2D eigenvalue weighted by molar-refractivity contribution is 0.177. The van der Waals surface area contributed by atoms with Crippen LogP contribution in [0.5, 0.6) is 5.75 Å². The maximum absolute atomic E-state index is 5.73. The summed E-state index contributed by atoms with van der Waals surface area (Å²) in [4.78, 5) is 4.19. The summed E-state index contributed by atoms with van der Waals surface area (Å²) in [6.07, 6.45) is 1.62. The summed E-state index contributed by atoms with van der Waals surface area (Å²) in [5, 5.41) is 7.81. The molecule has 1 aromatic carbocycles. The fourth-order valence-electron chi connectivity index (χ4n) is 2.24. The van der Waals surface area contributed by atoms with E-state index < -0.39 is 0 Å². The van der Waals surface area contributed by atoms with E-state index >= 15 is 0 Å². The molecule has 2 aromatic heterocycles. The van der Waals surface area contributed by atoms with E-state index in [1.807, 2.05) is 30.3 Å². The molecule has 0 aliphatic rings. The highest BCUT2D eigenvalue weighted by molar-refractivity contribution is 5.55. The van der Waals surface area contributed by atoms with Crippen molar-refractivity contribution in [1.82, 2.24) is 15.3 Å². The summed E-state index contributed by atoms with van der Waals surface area (Å²) < 4.78 is 20.9. The van der Waals surface area contributed by atoms with Crippen LogP contribution in [0.2, 0.25) is 0 Å². The van der Waals surface area contributed by atoms with Crippen LogP contribution < -0.4 is 4.74 Å². The van der Waals surface area contributed by atoms with Crippen LogP contribution in [0.25, 0.3) is 11.4 Å². The fourth-order valence-corrected chi connectivity index (χ4v) is 2.24. The molecule has 0 saturated heterocycles. The summed E-state index contributed by atoms with van der Waals surface area (Å²) in [5.74, 6) is 2.77. The molecule has 3 aromatic rings. The first kappa shape index (κ1) is 16.2. The lowest BCUT2D eigenvalue weighted by atomic mass is 10.2. The Balaban J connectivity index is 1.44. The Morgan fingerprint density at radius 3 is 2.62 bits per heavy atom. The lowest BCUT2D eigenvalue weighted by Gasteiger charge is -2.05. The van der Waals surface area contributed by atoms with Gasteiger partial charge in [0.05, 0.1) is 13.2 Å². The molecule has 0 aliphatic carbocycles. The van der Waals surface area contributed by atoms with Gasteiger partial charge in [-0.05, 0) is 30.7 Å². The first-order valence-electron chi connectivity index (χ1n) is 7.71. The minimum atomic E-state index is 0.465. The molecule has 0 saturated carbocycles. The van der Waals surface area contributed by atoms with Crippen molar-refractivity contribution in [2.24, 2.45) is 0 Å². The molecule has 7 nitrogen and oxygen atoms in total. The van der Waals surface area contributed by atoms with Crippen LogP contribution in [0.4, 0.5) is 0 Å². The van der Waals surface area contributed by atoms with Gasteiger partial charge in [-0.15, -0.1) is 0 Å². The molecule has 0 aliphatic heterocycles. The van der Waals surface area contributed by atoms with Gasteiger partial charge in [-0.2, -0.15) is 4.98 Å². The second-order valence-corrected chi connectivity index (χ2v) is 5.33. The third-order valence-corrected chi connectivity index (χ3v) is 3.38. The van der Waals surface area contributed by atoms with Crippen LogP contribution in [-0.4, -0.2) is 29.0 Å². The topological polar surface area (TPSA) is 83.4 Å². The van der Waals surface area contributed by atoms with Gasteiger partial charge in [0.1, 0.15) is 17.2 Å². The molecule has 0 radical (unpaired) electrons. The monoisotopic (exact) mass is 329 g/mol. The van der Waals surface area contributed by atoms with Crippen LogP contribution >= 0.6 is 0 Å². The molecule has 0 N–H and O–H groups in total.